The molecule has 1 N–H and O–H groups in total. The van der Waals surface area contributed by atoms with Crippen molar-refractivity contribution in [2.45, 2.75) is 144 Å². The molecule has 15 nitrogen and oxygen atoms in total. The average molecular weight is 732 g/mol. The molecule has 0 saturated carbocycles. The van der Waals surface area contributed by atoms with Gasteiger partial charge >= 0.3 is 35.8 Å². The first kappa shape index (κ1) is 47.7. The first-order valence-corrected chi connectivity index (χ1v) is 17.2. The van der Waals surface area contributed by atoms with Crippen molar-refractivity contribution in [3.63, 3.8) is 0 Å². The van der Waals surface area contributed by atoms with Crippen LogP contribution >= 0.6 is 0 Å². The van der Waals surface area contributed by atoms with Gasteiger partial charge in [-0.2, -0.15) is 0 Å². The summed E-state index contributed by atoms with van der Waals surface area (Å²) in [5.41, 5.74) is -4.13. The van der Waals surface area contributed by atoms with E-state index >= 15 is 0 Å². The summed E-state index contributed by atoms with van der Waals surface area (Å²) in [4.78, 5) is 81.6. The summed E-state index contributed by atoms with van der Waals surface area (Å²) in [5, 5.41) is 9.84. The van der Waals surface area contributed by atoms with Gasteiger partial charge in [0.2, 0.25) is 0 Å². The fraction of sp³-hybridized carbons (Fsp3) is 0.833. The summed E-state index contributed by atoms with van der Waals surface area (Å²) in [6.07, 6.45) is -0.634. The Bertz CT molecular complexity index is 1060. The number of esters is 5. The van der Waals surface area contributed by atoms with E-state index in [1.165, 1.54) is 14.7 Å². The second-order valence-corrected chi connectivity index (χ2v) is 17.5. The normalized spacial score (nSPS) is 13.5. The number of rotatable bonds is 18. The second kappa shape index (κ2) is 19.5. The molecule has 0 aromatic carbocycles. The lowest BCUT2D eigenvalue weighted by Gasteiger charge is -2.35. The van der Waals surface area contributed by atoms with Crippen LogP contribution < -0.4 is 0 Å². The van der Waals surface area contributed by atoms with E-state index < -0.39 is 76.3 Å². The first-order valence-electron chi connectivity index (χ1n) is 17.2. The highest BCUT2D eigenvalue weighted by atomic mass is 16.6. The maximum atomic E-state index is 13.5. The zero-order chi connectivity index (χ0) is 40.2. The lowest BCUT2D eigenvalue weighted by Crippen LogP contribution is -2.52. The molecule has 0 heterocycles. The van der Waals surface area contributed by atoms with Crippen molar-refractivity contribution in [3.05, 3.63) is 0 Å². The molecule has 296 valence electrons. The fourth-order valence-corrected chi connectivity index (χ4v) is 4.51. The molecular weight excluding hydrogens is 666 g/mol. The highest BCUT2D eigenvalue weighted by Gasteiger charge is 2.34. The maximum Gasteiger partial charge on any atom is 0.324 e. The minimum atomic E-state index is -1.31. The van der Waals surface area contributed by atoms with Gasteiger partial charge < -0.3 is 28.8 Å². The molecule has 0 aromatic heterocycles. The van der Waals surface area contributed by atoms with Crippen LogP contribution in [-0.2, 0) is 52.5 Å². The van der Waals surface area contributed by atoms with Crippen molar-refractivity contribution in [1.82, 2.24) is 14.7 Å². The van der Waals surface area contributed by atoms with Crippen LogP contribution in [0.4, 0.5) is 0 Å². The topological polar surface area (TPSA) is 179 Å². The van der Waals surface area contributed by atoms with Crippen LogP contribution in [0.1, 0.15) is 110 Å². The number of carbonyl (C=O) groups excluding carboxylic acids is 5. The lowest BCUT2D eigenvalue weighted by atomic mass is 10.1. The van der Waals surface area contributed by atoms with Crippen molar-refractivity contribution in [3.8, 4) is 0 Å². The summed E-state index contributed by atoms with van der Waals surface area (Å²) < 4.78 is 27.5. The second-order valence-electron chi connectivity index (χ2n) is 17.5. The number of carboxylic acids is 1. The van der Waals surface area contributed by atoms with E-state index in [0.717, 1.165) is 0 Å². The number of carbonyl (C=O) groups is 6. The molecule has 0 aliphatic carbocycles. The van der Waals surface area contributed by atoms with E-state index in [4.69, 9.17) is 23.7 Å². The molecule has 1 unspecified atom stereocenters. The molecule has 0 bridgehead atoms. The molecule has 15 heteroatoms. The largest absolute Gasteiger partial charge is 0.481 e. The summed E-state index contributed by atoms with van der Waals surface area (Å²) in [6, 6.07) is -1.31. The van der Waals surface area contributed by atoms with E-state index in [9.17, 15) is 33.9 Å². The van der Waals surface area contributed by atoms with Crippen LogP contribution in [0.5, 0.6) is 0 Å². The van der Waals surface area contributed by atoms with Gasteiger partial charge in [-0.3, -0.25) is 43.5 Å². The molecule has 0 fully saturated rings. The standard InChI is InChI=1S/C36H65N3O12/c1-32(2,3)47-27(42)21-37(22-28(43)48-33(4,5)6)16-18-39(25(20-26(40)41)31(46)51-36(13,14)15)19-17-38(23-29(44)49-34(7,8)9)24-30(45)50-35(10,11)12/h25H,16-24H2,1-15H3,(H,40,41). The third-order valence-corrected chi connectivity index (χ3v) is 5.99. The van der Waals surface area contributed by atoms with Crippen LogP contribution in [0.25, 0.3) is 0 Å². The molecule has 0 spiro atoms. The van der Waals surface area contributed by atoms with E-state index in [0.29, 0.717) is 0 Å². The van der Waals surface area contributed by atoms with Crippen molar-refractivity contribution in [2.75, 3.05) is 52.4 Å². The Morgan fingerprint density at radius 3 is 0.922 bits per heavy atom. The molecule has 1 atom stereocenters. The van der Waals surface area contributed by atoms with Crippen LogP contribution in [0, 0.1) is 0 Å². The van der Waals surface area contributed by atoms with Gasteiger partial charge in [-0.1, -0.05) is 0 Å². The fourth-order valence-electron chi connectivity index (χ4n) is 4.51. The molecule has 0 aliphatic rings. The number of nitrogens with zero attached hydrogens (tertiary/aromatic N) is 3. The Morgan fingerprint density at radius 1 is 0.451 bits per heavy atom. The molecule has 0 aliphatic heterocycles. The zero-order valence-corrected chi connectivity index (χ0v) is 33.7. The minimum absolute atomic E-state index is 0.00443. The Hall–Kier alpha value is -3.30. The number of hydrogen-bond acceptors (Lipinski definition) is 14. The predicted octanol–water partition coefficient (Wildman–Crippen LogP) is 3.44. The van der Waals surface area contributed by atoms with Gasteiger partial charge in [0.15, 0.2) is 0 Å². The van der Waals surface area contributed by atoms with E-state index in [2.05, 4.69) is 0 Å². The van der Waals surface area contributed by atoms with Crippen LogP contribution in [-0.4, -0.2) is 142 Å². The van der Waals surface area contributed by atoms with Gasteiger partial charge in [-0.05, 0) is 104 Å². The SMILES string of the molecule is CC(C)(C)OC(=O)CN(CCN(CCN(CC(=O)OC(C)(C)C)CC(=O)OC(C)(C)C)C(CC(=O)O)C(=O)OC(C)(C)C)CC(=O)OC(C)(C)C. The monoisotopic (exact) mass is 731 g/mol. The van der Waals surface area contributed by atoms with Gasteiger partial charge in [0.05, 0.1) is 32.6 Å². The average Bonchev–Trinajstić information content (AvgIpc) is 2.81. The van der Waals surface area contributed by atoms with Gasteiger partial charge in [0.1, 0.15) is 34.0 Å². The third kappa shape index (κ3) is 26.2. The van der Waals surface area contributed by atoms with Crippen LogP contribution in [0.2, 0.25) is 0 Å². The van der Waals surface area contributed by atoms with Gasteiger partial charge in [0.25, 0.3) is 0 Å². The van der Waals surface area contributed by atoms with Crippen molar-refractivity contribution < 1.29 is 57.6 Å². The molecule has 0 rings (SSSR count). The molecule has 0 aromatic rings. The highest BCUT2D eigenvalue weighted by molar-refractivity contribution is 5.82. The molecule has 0 radical (unpaired) electrons. The highest BCUT2D eigenvalue weighted by Crippen LogP contribution is 2.17. The Balaban J connectivity index is 6.67. The Kier molecular flexibility index (Phi) is 18.2. The van der Waals surface area contributed by atoms with Gasteiger partial charge in [-0.25, -0.2) is 0 Å². The van der Waals surface area contributed by atoms with Crippen LogP contribution in [0.3, 0.4) is 0 Å². The Labute approximate surface area is 304 Å². The smallest absolute Gasteiger partial charge is 0.324 e. The third-order valence-electron chi connectivity index (χ3n) is 5.99. The quantitative estimate of drug-likeness (QED) is 0.160. The number of carboxylic acid groups (broad SMARTS) is 1. The summed E-state index contributed by atoms with van der Waals surface area (Å²) >= 11 is 0. The summed E-state index contributed by atoms with van der Waals surface area (Å²) in [5.74, 6) is -4.49. The maximum absolute atomic E-state index is 13.5. The van der Waals surface area contributed by atoms with Crippen LogP contribution in [0.15, 0.2) is 0 Å². The van der Waals surface area contributed by atoms with Gasteiger partial charge in [0, 0.05) is 26.2 Å². The number of ether oxygens (including phenoxy) is 5. The minimum Gasteiger partial charge on any atom is -0.481 e. The summed E-state index contributed by atoms with van der Waals surface area (Å²) in [7, 11) is 0. The van der Waals surface area contributed by atoms with Crippen molar-refractivity contribution in [1.29, 1.82) is 0 Å². The van der Waals surface area contributed by atoms with Gasteiger partial charge in [-0.15, -0.1) is 0 Å². The number of hydrogen-bond donors (Lipinski definition) is 1. The van der Waals surface area contributed by atoms with Crippen molar-refractivity contribution in [2.24, 2.45) is 0 Å². The molecule has 51 heavy (non-hydrogen) atoms. The number of aliphatic carboxylic acids is 1. The molecule has 0 saturated heterocycles. The first-order chi connectivity index (χ1) is 22.7. The summed E-state index contributed by atoms with van der Waals surface area (Å²) in [6.45, 7) is 24.2. The molecular formula is C36H65N3O12. The lowest BCUT2D eigenvalue weighted by molar-refractivity contribution is -0.166. The van der Waals surface area contributed by atoms with E-state index in [-0.39, 0.29) is 52.4 Å². The zero-order valence-electron chi connectivity index (χ0n) is 33.7. The van der Waals surface area contributed by atoms with E-state index in [1.54, 1.807) is 104 Å². The molecule has 0 amide bonds. The Morgan fingerprint density at radius 2 is 0.706 bits per heavy atom. The van der Waals surface area contributed by atoms with Crippen molar-refractivity contribution >= 4 is 35.8 Å². The van der Waals surface area contributed by atoms with E-state index in [1.807, 2.05) is 0 Å². The predicted molar refractivity (Wildman–Crippen MR) is 190 cm³/mol.